The molecule has 20 heavy (non-hydrogen) atoms. The highest BCUT2D eigenvalue weighted by molar-refractivity contribution is 7.71. The molecule has 108 valence electrons. The number of H-pyrrole nitrogens is 1. The molecule has 1 saturated heterocycles. The summed E-state index contributed by atoms with van der Waals surface area (Å²) in [4.78, 5) is 5.73. The smallest absolute Gasteiger partial charge is 0.178 e. The minimum absolute atomic E-state index is 0.554. The van der Waals surface area contributed by atoms with E-state index in [-0.39, 0.29) is 0 Å². The highest BCUT2D eigenvalue weighted by Crippen LogP contribution is 2.28. The van der Waals surface area contributed by atoms with E-state index in [1.165, 1.54) is 19.4 Å². The first-order valence-corrected chi connectivity index (χ1v) is 8.08. The van der Waals surface area contributed by atoms with E-state index in [9.17, 15) is 0 Å². The van der Waals surface area contributed by atoms with Gasteiger partial charge in [-0.05, 0) is 50.3 Å². The van der Waals surface area contributed by atoms with Crippen LogP contribution in [0.3, 0.4) is 0 Å². The summed E-state index contributed by atoms with van der Waals surface area (Å²) in [6.45, 7) is 5.39. The molecule has 2 aromatic rings. The van der Waals surface area contributed by atoms with Gasteiger partial charge in [0, 0.05) is 12.6 Å². The Hall–Kier alpha value is -0.550. The van der Waals surface area contributed by atoms with Gasteiger partial charge in [0.2, 0.25) is 0 Å². The lowest BCUT2D eigenvalue weighted by atomic mass is 10.2. The second kappa shape index (κ2) is 5.68. The Kier molecular flexibility index (Phi) is 4.09. The summed E-state index contributed by atoms with van der Waals surface area (Å²) in [7, 11) is 0. The van der Waals surface area contributed by atoms with Crippen LogP contribution in [0, 0.1) is 4.77 Å². The van der Waals surface area contributed by atoms with Gasteiger partial charge in [-0.15, -0.1) is 0 Å². The lowest BCUT2D eigenvalue weighted by Crippen LogP contribution is -2.32. The van der Waals surface area contributed by atoms with E-state index in [4.69, 9.17) is 35.4 Å². The maximum Gasteiger partial charge on any atom is 0.178 e. The Morgan fingerprint density at radius 2 is 2.10 bits per heavy atom. The molecule has 1 N–H and O–H groups in total. The number of hydrogen-bond donors (Lipinski definition) is 1. The fraction of sp³-hybridized carbons (Fsp3) is 0.500. The zero-order valence-electron chi connectivity index (χ0n) is 11.3. The molecule has 3 rings (SSSR count). The lowest BCUT2D eigenvalue weighted by molar-refractivity contribution is 0.245. The minimum atomic E-state index is 0.554. The molecule has 0 aliphatic carbocycles. The molecule has 1 atom stereocenters. The third kappa shape index (κ3) is 2.50. The first-order valence-electron chi connectivity index (χ1n) is 6.91. The predicted molar refractivity (Wildman–Crippen MR) is 87.4 cm³/mol. The maximum atomic E-state index is 6.14. The summed E-state index contributed by atoms with van der Waals surface area (Å²) >= 11 is 17.7. The molecule has 0 spiro atoms. The molecule has 3 nitrogen and oxygen atoms in total. The molecule has 0 saturated carbocycles. The Labute approximate surface area is 133 Å². The largest absolute Gasteiger partial charge is 0.331 e. The van der Waals surface area contributed by atoms with Gasteiger partial charge in [-0.2, -0.15) is 0 Å². The van der Waals surface area contributed by atoms with Crippen LogP contribution < -0.4 is 0 Å². The second-order valence-electron chi connectivity index (χ2n) is 5.25. The first kappa shape index (κ1) is 14.4. The summed E-state index contributed by atoms with van der Waals surface area (Å²) in [5.41, 5.74) is 1.98. The van der Waals surface area contributed by atoms with Gasteiger partial charge in [0.05, 0.1) is 21.1 Å². The van der Waals surface area contributed by atoms with Crippen LogP contribution in [0.4, 0.5) is 0 Å². The van der Waals surface area contributed by atoms with Crippen LogP contribution in [0.25, 0.3) is 11.0 Å². The average Bonchev–Trinajstić information content (AvgIpc) is 2.97. The number of aromatic nitrogens is 2. The molecule has 1 unspecified atom stereocenters. The summed E-state index contributed by atoms with van der Waals surface area (Å²) in [5.74, 6) is 0. The predicted octanol–water partition coefficient (Wildman–Crippen LogP) is 4.49. The van der Waals surface area contributed by atoms with Crippen LogP contribution in [0.2, 0.25) is 10.0 Å². The van der Waals surface area contributed by atoms with Gasteiger partial charge < -0.3 is 9.55 Å². The standard InChI is InChI=1S/C14H17Cl2N3S/c1-2-18-5-3-4-9(18)8-19-13-7-11(16)10(15)6-12(13)17-14(19)20/h6-7,9H,2-5,8H2,1H3,(H,17,20). The highest BCUT2D eigenvalue weighted by Gasteiger charge is 2.24. The normalized spacial score (nSPS) is 20.1. The number of rotatable bonds is 3. The molecular weight excluding hydrogens is 313 g/mol. The van der Waals surface area contributed by atoms with E-state index >= 15 is 0 Å². The highest BCUT2D eigenvalue weighted by atomic mass is 35.5. The Morgan fingerprint density at radius 1 is 1.35 bits per heavy atom. The monoisotopic (exact) mass is 329 g/mol. The van der Waals surface area contributed by atoms with E-state index in [0.29, 0.717) is 16.1 Å². The van der Waals surface area contributed by atoms with Crippen molar-refractivity contribution in [1.29, 1.82) is 0 Å². The Morgan fingerprint density at radius 3 is 2.85 bits per heavy atom. The van der Waals surface area contributed by atoms with Crippen molar-refractivity contribution in [3.05, 3.63) is 26.9 Å². The molecule has 1 aromatic heterocycles. The number of likely N-dealkylation sites (N-methyl/N-ethyl adjacent to an activating group) is 1. The minimum Gasteiger partial charge on any atom is -0.331 e. The van der Waals surface area contributed by atoms with Crippen LogP contribution in [-0.4, -0.2) is 33.6 Å². The number of nitrogens with one attached hydrogen (secondary N) is 1. The molecule has 0 bridgehead atoms. The van der Waals surface area contributed by atoms with Crippen molar-refractivity contribution in [3.8, 4) is 0 Å². The summed E-state index contributed by atoms with van der Waals surface area (Å²) in [5, 5.41) is 1.12. The van der Waals surface area contributed by atoms with Gasteiger partial charge in [0.25, 0.3) is 0 Å². The Balaban J connectivity index is 2.01. The number of halogens is 2. The fourth-order valence-electron chi connectivity index (χ4n) is 3.06. The Bertz CT molecular complexity index is 692. The van der Waals surface area contributed by atoms with Crippen LogP contribution in [0.5, 0.6) is 0 Å². The molecule has 0 amide bonds. The number of fused-ring (bicyclic) bond motifs is 1. The molecule has 1 aromatic carbocycles. The van der Waals surface area contributed by atoms with Crippen molar-refractivity contribution < 1.29 is 0 Å². The van der Waals surface area contributed by atoms with Gasteiger partial charge >= 0.3 is 0 Å². The molecule has 6 heteroatoms. The third-order valence-corrected chi connectivity index (χ3v) is 5.16. The van der Waals surface area contributed by atoms with Crippen molar-refractivity contribution in [2.24, 2.45) is 0 Å². The fourth-order valence-corrected chi connectivity index (χ4v) is 3.67. The maximum absolute atomic E-state index is 6.14. The molecule has 1 aliphatic heterocycles. The van der Waals surface area contributed by atoms with E-state index < -0.39 is 0 Å². The second-order valence-corrected chi connectivity index (χ2v) is 6.45. The number of benzene rings is 1. The van der Waals surface area contributed by atoms with E-state index in [0.717, 1.165) is 28.9 Å². The van der Waals surface area contributed by atoms with Crippen LogP contribution in [0.1, 0.15) is 19.8 Å². The quantitative estimate of drug-likeness (QED) is 0.839. The number of imidazole rings is 1. The van der Waals surface area contributed by atoms with E-state index in [1.54, 1.807) is 0 Å². The number of likely N-dealkylation sites (tertiary alicyclic amines) is 1. The van der Waals surface area contributed by atoms with Crippen molar-refractivity contribution >= 4 is 46.5 Å². The van der Waals surface area contributed by atoms with E-state index in [2.05, 4.69) is 21.4 Å². The van der Waals surface area contributed by atoms with Gasteiger partial charge in [-0.3, -0.25) is 4.90 Å². The van der Waals surface area contributed by atoms with Crippen molar-refractivity contribution in [2.45, 2.75) is 32.4 Å². The van der Waals surface area contributed by atoms with Gasteiger partial charge in [-0.25, -0.2) is 0 Å². The number of aromatic amines is 1. The van der Waals surface area contributed by atoms with Crippen LogP contribution >= 0.6 is 35.4 Å². The summed E-state index contributed by atoms with van der Waals surface area (Å²) < 4.78 is 2.88. The lowest BCUT2D eigenvalue weighted by Gasteiger charge is -2.23. The van der Waals surface area contributed by atoms with Gasteiger partial charge in [0.15, 0.2) is 4.77 Å². The number of hydrogen-bond acceptors (Lipinski definition) is 2. The number of nitrogens with zero attached hydrogens (tertiary/aromatic N) is 2. The zero-order chi connectivity index (χ0) is 14.3. The molecule has 0 radical (unpaired) electrons. The summed E-state index contributed by atoms with van der Waals surface area (Å²) in [6, 6.07) is 4.30. The molecular formula is C14H17Cl2N3S. The first-order chi connectivity index (χ1) is 9.60. The summed E-state index contributed by atoms with van der Waals surface area (Å²) in [6.07, 6.45) is 2.49. The third-order valence-electron chi connectivity index (χ3n) is 4.11. The average molecular weight is 330 g/mol. The molecule has 2 heterocycles. The van der Waals surface area contributed by atoms with Crippen molar-refractivity contribution in [1.82, 2.24) is 14.5 Å². The topological polar surface area (TPSA) is 24.0 Å². The molecule has 1 fully saturated rings. The van der Waals surface area contributed by atoms with Gasteiger partial charge in [-0.1, -0.05) is 30.1 Å². The van der Waals surface area contributed by atoms with E-state index in [1.807, 2.05) is 12.1 Å². The van der Waals surface area contributed by atoms with Gasteiger partial charge in [0.1, 0.15) is 0 Å². The van der Waals surface area contributed by atoms with Crippen LogP contribution in [-0.2, 0) is 6.54 Å². The van der Waals surface area contributed by atoms with Crippen molar-refractivity contribution in [3.63, 3.8) is 0 Å². The molecule has 1 aliphatic rings. The zero-order valence-corrected chi connectivity index (χ0v) is 13.7. The van der Waals surface area contributed by atoms with Crippen LogP contribution in [0.15, 0.2) is 12.1 Å². The van der Waals surface area contributed by atoms with Crippen molar-refractivity contribution in [2.75, 3.05) is 13.1 Å². The SMILES string of the molecule is CCN1CCCC1Cn1c(=S)[nH]c2cc(Cl)c(Cl)cc21.